The zero-order valence-electron chi connectivity index (χ0n) is 18.7. The van der Waals surface area contributed by atoms with Crippen molar-refractivity contribution in [3.05, 3.63) is 84.2 Å². The van der Waals surface area contributed by atoms with Crippen LogP contribution in [0.25, 0.3) is 0 Å². The molecule has 1 N–H and O–H groups in total. The third kappa shape index (κ3) is 5.08. The first-order valence-corrected chi connectivity index (χ1v) is 12.0. The van der Waals surface area contributed by atoms with Crippen LogP contribution in [-0.2, 0) is 11.3 Å². The third-order valence-corrected chi connectivity index (χ3v) is 6.75. The second-order valence-electron chi connectivity index (χ2n) is 8.51. The lowest BCUT2D eigenvalue weighted by Gasteiger charge is -2.31. The number of thiocarbonyl (C=S) groups is 1. The number of aromatic nitrogens is 3. The highest BCUT2D eigenvalue weighted by molar-refractivity contribution is 7.80. The van der Waals surface area contributed by atoms with Gasteiger partial charge >= 0.3 is 0 Å². The SMILES string of the molecule is S=C1N[C@@H](c2ccccn2)[C@@H](c2cccn2Cc2ccccn2)N1CCCN1CCOCC1. The van der Waals surface area contributed by atoms with Crippen molar-refractivity contribution >= 4 is 17.3 Å². The Kier molecular flexibility index (Phi) is 6.95. The largest absolute Gasteiger partial charge is 0.379 e. The molecule has 0 radical (unpaired) electrons. The molecule has 2 saturated heterocycles. The highest BCUT2D eigenvalue weighted by atomic mass is 32.1. The number of hydrogen-bond donors (Lipinski definition) is 1. The van der Waals surface area contributed by atoms with Crippen LogP contribution in [0.2, 0.25) is 0 Å². The lowest BCUT2D eigenvalue weighted by atomic mass is 10.0. The van der Waals surface area contributed by atoms with Crippen molar-refractivity contribution in [1.29, 1.82) is 0 Å². The van der Waals surface area contributed by atoms with Crippen LogP contribution in [0.4, 0.5) is 0 Å². The molecular weight excluding hydrogens is 432 g/mol. The maximum atomic E-state index is 5.84. The van der Waals surface area contributed by atoms with Crippen LogP contribution in [-0.4, -0.2) is 68.8 Å². The Hall–Kier alpha value is -2.81. The monoisotopic (exact) mass is 462 g/mol. The molecule has 2 atom stereocenters. The van der Waals surface area contributed by atoms with Gasteiger partial charge in [-0.3, -0.25) is 14.9 Å². The van der Waals surface area contributed by atoms with E-state index in [4.69, 9.17) is 17.0 Å². The molecule has 0 aliphatic carbocycles. The van der Waals surface area contributed by atoms with Crippen LogP contribution in [0.3, 0.4) is 0 Å². The minimum atomic E-state index is -0.000491. The zero-order chi connectivity index (χ0) is 22.5. The summed E-state index contributed by atoms with van der Waals surface area (Å²) in [6.07, 6.45) is 6.88. The summed E-state index contributed by atoms with van der Waals surface area (Å²) < 4.78 is 7.78. The topological polar surface area (TPSA) is 58.5 Å². The molecule has 2 fully saturated rings. The van der Waals surface area contributed by atoms with E-state index in [9.17, 15) is 0 Å². The molecule has 0 amide bonds. The first-order valence-electron chi connectivity index (χ1n) is 11.6. The van der Waals surface area contributed by atoms with E-state index in [1.807, 2.05) is 36.7 Å². The number of nitrogens with zero attached hydrogens (tertiary/aromatic N) is 5. The maximum Gasteiger partial charge on any atom is 0.170 e. The van der Waals surface area contributed by atoms with E-state index in [1.54, 1.807) is 0 Å². The molecule has 2 aliphatic rings. The van der Waals surface area contributed by atoms with Gasteiger partial charge in [0.25, 0.3) is 0 Å². The molecule has 3 aromatic heterocycles. The molecule has 0 aromatic carbocycles. The molecule has 8 heteroatoms. The van der Waals surface area contributed by atoms with Crippen molar-refractivity contribution in [3.63, 3.8) is 0 Å². The summed E-state index contributed by atoms with van der Waals surface area (Å²) in [4.78, 5) is 14.0. The van der Waals surface area contributed by atoms with Gasteiger partial charge < -0.3 is 19.5 Å². The summed E-state index contributed by atoms with van der Waals surface area (Å²) >= 11 is 5.84. The number of nitrogens with one attached hydrogen (secondary N) is 1. The van der Waals surface area contributed by atoms with Gasteiger partial charge in [0.1, 0.15) is 0 Å². The molecule has 0 saturated carbocycles. The van der Waals surface area contributed by atoms with Crippen molar-refractivity contribution in [2.24, 2.45) is 0 Å². The fraction of sp³-hybridized carbons (Fsp3) is 0.400. The van der Waals surface area contributed by atoms with E-state index in [0.717, 1.165) is 68.9 Å². The summed E-state index contributed by atoms with van der Waals surface area (Å²) in [5, 5.41) is 4.37. The van der Waals surface area contributed by atoms with Crippen molar-refractivity contribution in [1.82, 2.24) is 29.7 Å². The van der Waals surface area contributed by atoms with Crippen molar-refractivity contribution < 1.29 is 4.74 Å². The molecule has 0 spiro atoms. The first kappa shape index (κ1) is 22.0. The van der Waals surface area contributed by atoms with E-state index in [1.165, 1.54) is 5.69 Å². The highest BCUT2D eigenvalue weighted by Crippen LogP contribution is 2.38. The molecule has 7 nitrogen and oxygen atoms in total. The van der Waals surface area contributed by atoms with E-state index in [2.05, 4.69) is 60.1 Å². The van der Waals surface area contributed by atoms with E-state index in [-0.39, 0.29) is 12.1 Å². The Morgan fingerprint density at radius 2 is 1.79 bits per heavy atom. The minimum Gasteiger partial charge on any atom is -0.379 e. The predicted molar refractivity (Wildman–Crippen MR) is 132 cm³/mol. The molecule has 3 aromatic rings. The van der Waals surface area contributed by atoms with E-state index >= 15 is 0 Å². The second-order valence-corrected chi connectivity index (χ2v) is 8.90. The number of hydrogen-bond acceptors (Lipinski definition) is 5. The van der Waals surface area contributed by atoms with Gasteiger partial charge in [0.05, 0.1) is 43.2 Å². The van der Waals surface area contributed by atoms with Crippen molar-refractivity contribution in [2.45, 2.75) is 25.0 Å². The standard InChI is InChI=1S/C25H30N6OS/c33-25-28-23(21-8-2-4-11-27-21)24(31(25)14-6-12-29-15-17-32-18-16-29)22-9-5-13-30(22)19-20-7-1-3-10-26-20/h1-5,7-11,13,23-24H,6,12,14-19H2,(H,28,33)/t23-,24+/m0/s1. The van der Waals surface area contributed by atoms with Crippen LogP contribution in [0, 0.1) is 0 Å². The Labute approximate surface area is 200 Å². The lowest BCUT2D eigenvalue weighted by molar-refractivity contribution is 0.0365. The number of ether oxygens (including phenoxy) is 1. The molecular formula is C25H30N6OS. The van der Waals surface area contributed by atoms with Crippen LogP contribution in [0.15, 0.2) is 67.1 Å². The maximum absolute atomic E-state index is 5.84. The second kappa shape index (κ2) is 10.4. The third-order valence-electron chi connectivity index (χ3n) is 6.40. The Morgan fingerprint density at radius 1 is 0.970 bits per heavy atom. The number of rotatable bonds is 8. The van der Waals surface area contributed by atoms with Crippen molar-refractivity contribution in [3.8, 4) is 0 Å². The summed E-state index contributed by atoms with van der Waals surface area (Å²) in [5.41, 5.74) is 3.26. The minimum absolute atomic E-state index is 0.000491. The molecule has 0 unspecified atom stereocenters. The van der Waals surface area contributed by atoms with Crippen molar-refractivity contribution in [2.75, 3.05) is 39.4 Å². The summed E-state index contributed by atoms with van der Waals surface area (Å²) in [6, 6.07) is 16.5. The van der Waals surface area contributed by atoms with E-state index in [0.29, 0.717) is 0 Å². The van der Waals surface area contributed by atoms with Gasteiger partial charge in [0, 0.05) is 50.5 Å². The average Bonchev–Trinajstić information content (AvgIpc) is 3.44. The fourth-order valence-corrected chi connectivity index (χ4v) is 5.10. The highest BCUT2D eigenvalue weighted by Gasteiger charge is 2.40. The Balaban J connectivity index is 1.39. The van der Waals surface area contributed by atoms with Crippen LogP contribution in [0.5, 0.6) is 0 Å². The number of morpholine rings is 1. The number of pyridine rings is 2. The lowest BCUT2D eigenvalue weighted by Crippen LogP contribution is -2.39. The molecule has 0 bridgehead atoms. The van der Waals surface area contributed by atoms with E-state index < -0.39 is 0 Å². The average molecular weight is 463 g/mol. The zero-order valence-corrected chi connectivity index (χ0v) is 19.5. The molecule has 2 aliphatic heterocycles. The van der Waals surface area contributed by atoms with Gasteiger partial charge in [-0.05, 0) is 55.0 Å². The smallest absolute Gasteiger partial charge is 0.170 e. The van der Waals surface area contributed by atoms with Gasteiger partial charge in [-0.1, -0.05) is 12.1 Å². The van der Waals surface area contributed by atoms with Gasteiger partial charge in [-0.2, -0.15) is 0 Å². The summed E-state index contributed by atoms with van der Waals surface area (Å²) in [5.74, 6) is 0. The molecule has 33 heavy (non-hydrogen) atoms. The first-order chi connectivity index (χ1) is 16.3. The Morgan fingerprint density at radius 3 is 2.55 bits per heavy atom. The molecule has 5 heterocycles. The van der Waals surface area contributed by atoms with Gasteiger partial charge in [-0.25, -0.2) is 0 Å². The molecule has 172 valence electrons. The fourth-order valence-electron chi connectivity index (χ4n) is 4.76. The summed E-state index contributed by atoms with van der Waals surface area (Å²) in [6.45, 7) is 6.35. The summed E-state index contributed by atoms with van der Waals surface area (Å²) in [7, 11) is 0. The van der Waals surface area contributed by atoms with Gasteiger partial charge in [0.2, 0.25) is 0 Å². The molecule has 5 rings (SSSR count). The van der Waals surface area contributed by atoms with Gasteiger partial charge in [-0.15, -0.1) is 0 Å². The normalized spacial score (nSPS) is 21.3. The quantitative estimate of drug-likeness (QED) is 0.517. The van der Waals surface area contributed by atoms with Crippen LogP contribution in [0.1, 0.15) is 35.6 Å². The van der Waals surface area contributed by atoms with Gasteiger partial charge in [0.15, 0.2) is 5.11 Å². The van der Waals surface area contributed by atoms with Crippen LogP contribution >= 0.6 is 12.2 Å². The predicted octanol–water partition coefficient (Wildman–Crippen LogP) is 3.02. The Bertz CT molecular complexity index is 1040. The van der Waals surface area contributed by atoms with Crippen LogP contribution < -0.4 is 5.32 Å².